The van der Waals surface area contributed by atoms with E-state index in [0.717, 1.165) is 23.9 Å². The van der Waals surface area contributed by atoms with E-state index in [0.29, 0.717) is 0 Å². The van der Waals surface area contributed by atoms with Crippen molar-refractivity contribution in [3.05, 3.63) is 22.2 Å². The van der Waals surface area contributed by atoms with Gasteiger partial charge >= 0.3 is 18.1 Å². The molecule has 0 unspecified atom stereocenters. The van der Waals surface area contributed by atoms with Crippen LogP contribution in [0.2, 0.25) is 10.0 Å². The van der Waals surface area contributed by atoms with Crippen molar-refractivity contribution < 1.29 is 32.2 Å². The minimum Gasteiger partial charge on any atom is -0.424 e. The number of urea groups is 1. The Morgan fingerprint density at radius 2 is 1.84 bits per heavy atom. The average molecular weight is 416 g/mol. The standard InChI is InChI=1S/C12H6Cl2F3N3O4S/c13-4-1-6-7(2-5(4)14)24-12(23-6,11(15,16)17)20-9(22)19-10-18-8(21)3-25-10/h1-2H,3H2,(H2,18,19,20,21,22). The minimum atomic E-state index is -5.16. The molecule has 0 bridgehead atoms. The highest BCUT2D eigenvalue weighted by Crippen LogP contribution is 2.47. The van der Waals surface area contributed by atoms with Crippen molar-refractivity contribution in [3.63, 3.8) is 0 Å². The molecule has 3 amide bonds. The van der Waals surface area contributed by atoms with E-state index in [4.69, 9.17) is 32.7 Å². The molecule has 0 saturated carbocycles. The highest BCUT2D eigenvalue weighted by atomic mass is 35.5. The lowest BCUT2D eigenvalue weighted by Crippen LogP contribution is -2.64. The number of aliphatic imine (C=N–C) groups is 1. The van der Waals surface area contributed by atoms with Gasteiger partial charge < -0.3 is 14.8 Å². The third-order valence-electron chi connectivity index (χ3n) is 2.93. The minimum absolute atomic E-state index is 0.00592. The number of nitrogens with one attached hydrogen (secondary N) is 2. The number of benzene rings is 1. The summed E-state index contributed by atoms with van der Waals surface area (Å²) in [6.45, 7) is 0. The van der Waals surface area contributed by atoms with Gasteiger partial charge in [0.2, 0.25) is 5.91 Å². The Bertz CT molecular complexity index is 772. The first-order valence-corrected chi connectivity index (χ1v) is 8.11. The van der Waals surface area contributed by atoms with E-state index in [9.17, 15) is 22.8 Å². The van der Waals surface area contributed by atoms with Crippen molar-refractivity contribution in [2.75, 3.05) is 5.75 Å². The number of rotatable bonds is 1. The van der Waals surface area contributed by atoms with Crippen molar-refractivity contribution in [1.82, 2.24) is 10.6 Å². The monoisotopic (exact) mass is 415 g/mol. The van der Waals surface area contributed by atoms with Crippen LogP contribution in [0, 0.1) is 0 Å². The summed E-state index contributed by atoms with van der Waals surface area (Å²) in [6.07, 6.45) is -5.16. The molecule has 0 spiro atoms. The van der Waals surface area contributed by atoms with Crippen molar-refractivity contribution in [1.29, 1.82) is 0 Å². The zero-order chi connectivity index (χ0) is 18.4. The summed E-state index contributed by atoms with van der Waals surface area (Å²) in [7, 11) is 0. The molecule has 1 fully saturated rings. The normalized spacial score (nSPS) is 19.9. The fourth-order valence-electron chi connectivity index (χ4n) is 1.88. The topological polar surface area (TPSA) is 89.0 Å². The Morgan fingerprint density at radius 1 is 1.28 bits per heavy atom. The van der Waals surface area contributed by atoms with E-state index >= 15 is 0 Å². The smallest absolute Gasteiger partial charge is 0.424 e. The molecule has 1 aromatic carbocycles. The highest BCUT2D eigenvalue weighted by Gasteiger charge is 2.66. The van der Waals surface area contributed by atoms with Crippen LogP contribution in [0.3, 0.4) is 0 Å². The average Bonchev–Trinajstić information content (AvgIpc) is 3.03. The van der Waals surface area contributed by atoms with Gasteiger partial charge in [-0.1, -0.05) is 35.0 Å². The number of alkyl halides is 3. The molecule has 2 aliphatic rings. The Kier molecular flexibility index (Phi) is 4.41. The van der Waals surface area contributed by atoms with Crippen LogP contribution < -0.4 is 20.1 Å². The Morgan fingerprint density at radius 3 is 2.28 bits per heavy atom. The molecule has 1 saturated heterocycles. The van der Waals surface area contributed by atoms with Crippen LogP contribution in [0.15, 0.2) is 17.1 Å². The first-order chi connectivity index (χ1) is 11.6. The van der Waals surface area contributed by atoms with Crippen LogP contribution in [0.25, 0.3) is 0 Å². The zero-order valence-electron chi connectivity index (χ0n) is 11.7. The van der Waals surface area contributed by atoms with E-state index < -0.39 is 24.0 Å². The second kappa shape index (κ2) is 6.15. The van der Waals surface area contributed by atoms with Crippen molar-refractivity contribution >= 4 is 52.1 Å². The maximum absolute atomic E-state index is 13.5. The molecule has 134 valence electrons. The van der Waals surface area contributed by atoms with Crippen molar-refractivity contribution in [3.8, 4) is 11.5 Å². The molecule has 2 N–H and O–H groups in total. The zero-order valence-corrected chi connectivity index (χ0v) is 14.1. The number of carbonyl (C=O) groups is 2. The molecule has 2 aliphatic heterocycles. The van der Waals surface area contributed by atoms with Gasteiger partial charge in [0.1, 0.15) is 0 Å². The number of fused-ring (bicyclic) bond motifs is 1. The number of ether oxygens (including phenoxy) is 2. The molecular formula is C12H6Cl2F3N3O4S. The third-order valence-corrected chi connectivity index (χ3v) is 4.52. The van der Waals surface area contributed by atoms with Gasteiger partial charge in [-0.25, -0.2) is 4.79 Å². The molecule has 3 rings (SSSR count). The van der Waals surface area contributed by atoms with E-state index in [2.05, 4.69) is 10.3 Å². The van der Waals surface area contributed by atoms with Crippen LogP contribution in [-0.4, -0.2) is 34.9 Å². The van der Waals surface area contributed by atoms with Gasteiger partial charge in [-0.05, 0) is 0 Å². The Balaban J connectivity index is 1.87. The van der Waals surface area contributed by atoms with Gasteiger partial charge in [0.15, 0.2) is 16.7 Å². The summed E-state index contributed by atoms with van der Waals surface area (Å²) in [4.78, 5) is 26.2. The predicted molar refractivity (Wildman–Crippen MR) is 83.1 cm³/mol. The molecule has 0 radical (unpaired) electrons. The van der Waals surface area contributed by atoms with Gasteiger partial charge in [0.05, 0.1) is 15.8 Å². The van der Waals surface area contributed by atoms with Crippen LogP contribution in [0.1, 0.15) is 0 Å². The molecule has 13 heteroatoms. The summed E-state index contributed by atoms with van der Waals surface area (Å²) in [5.74, 6) is -4.64. The van der Waals surface area contributed by atoms with Gasteiger partial charge in [0.25, 0.3) is 0 Å². The van der Waals surface area contributed by atoms with Gasteiger partial charge in [-0.3, -0.25) is 10.1 Å². The number of hydrogen-bond acceptors (Lipinski definition) is 5. The van der Waals surface area contributed by atoms with E-state index in [1.165, 1.54) is 5.32 Å². The lowest BCUT2D eigenvalue weighted by molar-refractivity contribution is -0.317. The molecule has 0 atom stereocenters. The van der Waals surface area contributed by atoms with E-state index in [1.54, 1.807) is 0 Å². The van der Waals surface area contributed by atoms with E-state index in [1.807, 2.05) is 0 Å². The first-order valence-electron chi connectivity index (χ1n) is 6.37. The molecule has 7 nitrogen and oxygen atoms in total. The fraction of sp³-hybridized carbons (Fsp3) is 0.250. The summed E-state index contributed by atoms with van der Waals surface area (Å²) < 4.78 is 49.9. The van der Waals surface area contributed by atoms with Gasteiger partial charge in [0, 0.05) is 12.1 Å². The van der Waals surface area contributed by atoms with Gasteiger partial charge in [-0.2, -0.15) is 18.2 Å². The maximum atomic E-state index is 13.5. The molecule has 2 heterocycles. The summed E-state index contributed by atoms with van der Waals surface area (Å²) in [6, 6.07) is 0.627. The molecule has 25 heavy (non-hydrogen) atoms. The molecule has 0 aromatic heterocycles. The first kappa shape index (κ1) is 18.0. The SMILES string of the molecule is O=C1CS/C(=N/C(=O)NC2(C(F)(F)F)Oc3cc(Cl)c(Cl)cc3O2)N1. The number of carbonyl (C=O) groups excluding carboxylic acids is 2. The van der Waals surface area contributed by atoms with Crippen LogP contribution in [-0.2, 0) is 4.79 Å². The van der Waals surface area contributed by atoms with Crippen molar-refractivity contribution in [2.45, 2.75) is 12.1 Å². The third kappa shape index (κ3) is 3.44. The van der Waals surface area contributed by atoms with Crippen molar-refractivity contribution in [2.24, 2.45) is 4.99 Å². The molecule has 0 aliphatic carbocycles. The summed E-state index contributed by atoms with van der Waals surface area (Å²) in [5.41, 5.74) is 0. The summed E-state index contributed by atoms with van der Waals surface area (Å²) in [5, 5.41) is 3.47. The number of halogens is 5. The fourth-order valence-corrected chi connectivity index (χ4v) is 2.87. The second-order valence-corrected chi connectivity index (χ2v) is 6.49. The predicted octanol–water partition coefficient (Wildman–Crippen LogP) is 2.91. The molecule has 1 aromatic rings. The number of nitrogens with zero attached hydrogens (tertiary/aromatic N) is 1. The number of thioether (sulfide) groups is 1. The molecular weight excluding hydrogens is 410 g/mol. The van der Waals surface area contributed by atoms with Crippen LogP contribution >= 0.6 is 35.0 Å². The van der Waals surface area contributed by atoms with Crippen LogP contribution in [0.4, 0.5) is 18.0 Å². The largest absolute Gasteiger partial charge is 0.492 e. The maximum Gasteiger partial charge on any atom is 0.492 e. The number of hydrogen-bond donors (Lipinski definition) is 2. The van der Waals surface area contributed by atoms with Crippen LogP contribution in [0.5, 0.6) is 11.5 Å². The lowest BCUT2D eigenvalue weighted by atomic mass is 10.3. The second-order valence-electron chi connectivity index (χ2n) is 4.72. The summed E-state index contributed by atoms with van der Waals surface area (Å²) >= 11 is 12.3. The van der Waals surface area contributed by atoms with Gasteiger partial charge in [-0.15, -0.1) is 0 Å². The Labute approximate surface area is 151 Å². The van der Waals surface area contributed by atoms with E-state index in [-0.39, 0.29) is 32.5 Å². The number of amides is 3. The lowest BCUT2D eigenvalue weighted by Gasteiger charge is -2.28. The Hall–Kier alpha value is -1.85. The quantitative estimate of drug-likeness (QED) is 0.735. The number of amidine groups is 1. The highest BCUT2D eigenvalue weighted by molar-refractivity contribution is 8.15.